The molecule has 0 bridgehead atoms. The minimum absolute atomic E-state index is 0.0281. The molecule has 0 aliphatic carbocycles. The Hall–Kier alpha value is -1.46. The van der Waals surface area contributed by atoms with Gasteiger partial charge >= 0.3 is 6.09 Å². The van der Waals surface area contributed by atoms with Gasteiger partial charge < -0.3 is 20.1 Å². The first-order chi connectivity index (χ1) is 14.5. The molecule has 12 heteroatoms. The van der Waals surface area contributed by atoms with Crippen molar-refractivity contribution in [3.8, 4) is 0 Å². The second kappa shape index (κ2) is 10.9. The molecule has 0 aromatic carbocycles. The van der Waals surface area contributed by atoms with Crippen molar-refractivity contribution in [1.29, 1.82) is 0 Å². The van der Waals surface area contributed by atoms with Gasteiger partial charge in [0.05, 0.1) is 24.2 Å². The normalized spacial score (nSPS) is 12.8. The number of amides is 1. The number of aromatic nitrogens is 3. The molecule has 31 heavy (non-hydrogen) atoms. The summed E-state index contributed by atoms with van der Waals surface area (Å²) in [6.45, 7) is 6.24. The van der Waals surface area contributed by atoms with Gasteiger partial charge in [-0.15, -0.1) is 0 Å². The highest BCUT2D eigenvalue weighted by molar-refractivity contribution is 7.98. The van der Waals surface area contributed by atoms with Crippen LogP contribution >= 0.6 is 35.0 Å². The summed E-state index contributed by atoms with van der Waals surface area (Å²) in [5.74, 6) is -0.785. The Morgan fingerprint density at radius 3 is 2.52 bits per heavy atom. The number of carbonyl (C=O) groups is 1. The van der Waals surface area contributed by atoms with Crippen molar-refractivity contribution >= 4 is 52.0 Å². The number of aliphatic hydroxyl groups is 1. The SMILES string of the molecule is COC(=O)N(CCNC(CCO)c1nc(SC)nc2c(F)c(Cl)nc(Cl)c12)C(C)(C)C. The summed E-state index contributed by atoms with van der Waals surface area (Å²) in [5.41, 5.74) is -0.0889. The summed E-state index contributed by atoms with van der Waals surface area (Å²) in [5, 5.41) is 13.0. The first-order valence-corrected chi connectivity index (χ1v) is 11.5. The number of thioether (sulfide) groups is 1. The summed E-state index contributed by atoms with van der Waals surface area (Å²) in [6, 6.07) is -0.499. The number of aliphatic hydroxyl groups excluding tert-OH is 1. The summed E-state index contributed by atoms with van der Waals surface area (Å²) >= 11 is 13.4. The lowest BCUT2D eigenvalue weighted by Gasteiger charge is -2.34. The standard InChI is InChI=1S/C19H26Cl2FN5O3S/c1-19(2,3)27(18(29)30-4)8-7-23-10(6-9-28)13-11-14(25-17(24-13)31-5)12(22)16(21)26-15(11)20/h10,23,28H,6-9H2,1-5H3. The van der Waals surface area contributed by atoms with Gasteiger partial charge in [-0.2, -0.15) is 0 Å². The Balaban J connectivity index is 2.42. The summed E-state index contributed by atoms with van der Waals surface area (Å²) in [7, 11) is 1.33. The van der Waals surface area contributed by atoms with Crippen molar-refractivity contribution in [3.05, 3.63) is 21.8 Å². The topological polar surface area (TPSA) is 100 Å². The molecule has 172 valence electrons. The number of ether oxygens (including phenoxy) is 1. The van der Waals surface area contributed by atoms with Crippen LogP contribution in [0.2, 0.25) is 10.3 Å². The third-order valence-electron chi connectivity index (χ3n) is 4.57. The number of halogens is 3. The first kappa shape index (κ1) is 25.8. The number of hydrogen-bond donors (Lipinski definition) is 2. The lowest BCUT2D eigenvalue weighted by Crippen LogP contribution is -2.48. The molecule has 2 aromatic rings. The first-order valence-electron chi connectivity index (χ1n) is 9.51. The van der Waals surface area contributed by atoms with Gasteiger partial charge in [0.2, 0.25) is 0 Å². The molecule has 1 amide bonds. The number of methoxy groups -OCH3 is 1. The third-order valence-corrected chi connectivity index (χ3v) is 5.64. The van der Waals surface area contributed by atoms with Crippen molar-refractivity contribution in [1.82, 2.24) is 25.2 Å². The number of carbonyl (C=O) groups excluding carboxylic acids is 1. The second-order valence-electron chi connectivity index (χ2n) is 7.64. The summed E-state index contributed by atoms with van der Waals surface area (Å²) in [6.07, 6.45) is 1.59. The van der Waals surface area contributed by atoms with Crippen molar-refractivity contribution < 1.29 is 19.0 Å². The van der Waals surface area contributed by atoms with Crippen molar-refractivity contribution in [2.45, 2.75) is 43.9 Å². The zero-order chi connectivity index (χ0) is 23.3. The Morgan fingerprint density at radius 1 is 1.29 bits per heavy atom. The fraction of sp³-hybridized carbons (Fsp3) is 0.579. The largest absolute Gasteiger partial charge is 0.453 e. The van der Waals surface area contributed by atoms with Crippen LogP contribution in [-0.4, -0.2) is 69.7 Å². The van der Waals surface area contributed by atoms with Gasteiger partial charge in [-0.05, 0) is 33.4 Å². The molecule has 0 fully saturated rings. The predicted molar refractivity (Wildman–Crippen MR) is 120 cm³/mol. The average Bonchev–Trinajstić information content (AvgIpc) is 2.71. The molecule has 1 atom stereocenters. The van der Waals surface area contributed by atoms with Crippen LogP contribution in [0.4, 0.5) is 9.18 Å². The quantitative estimate of drug-likeness (QED) is 0.322. The Bertz CT molecular complexity index is 945. The molecule has 0 spiro atoms. The molecule has 2 N–H and O–H groups in total. The molecule has 0 aliphatic heterocycles. The van der Waals surface area contributed by atoms with Crippen molar-refractivity contribution in [2.24, 2.45) is 0 Å². The van der Waals surface area contributed by atoms with E-state index in [1.807, 2.05) is 20.8 Å². The number of nitrogens with one attached hydrogen (secondary N) is 1. The highest BCUT2D eigenvalue weighted by atomic mass is 35.5. The lowest BCUT2D eigenvalue weighted by molar-refractivity contribution is 0.0834. The molecular weight excluding hydrogens is 468 g/mol. The van der Waals surface area contributed by atoms with E-state index in [1.165, 1.54) is 18.9 Å². The molecule has 2 heterocycles. The van der Waals surface area contributed by atoms with Gasteiger partial charge in [0.25, 0.3) is 0 Å². The van der Waals surface area contributed by atoms with E-state index < -0.39 is 23.5 Å². The molecule has 0 saturated carbocycles. The van der Waals surface area contributed by atoms with Gasteiger partial charge in [-0.25, -0.2) is 24.1 Å². The summed E-state index contributed by atoms with van der Waals surface area (Å²) in [4.78, 5) is 26.3. The van der Waals surface area contributed by atoms with Crippen molar-refractivity contribution in [2.75, 3.05) is 33.1 Å². The molecule has 0 saturated heterocycles. The Kier molecular flexibility index (Phi) is 9.08. The van der Waals surface area contributed by atoms with Crippen LogP contribution in [0.1, 0.15) is 38.9 Å². The van der Waals surface area contributed by atoms with Crippen LogP contribution < -0.4 is 5.32 Å². The van der Waals surface area contributed by atoms with Gasteiger partial charge in [0.1, 0.15) is 10.7 Å². The Morgan fingerprint density at radius 2 is 1.97 bits per heavy atom. The lowest BCUT2D eigenvalue weighted by atomic mass is 10.1. The maximum absolute atomic E-state index is 14.7. The second-order valence-corrected chi connectivity index (χ2v) is 9.13. The van der Waals surface area contributed by atoms with Crippen LogP contribution in [0.25, 0.3) is 10.9 Å². The maximum atomic E-state index is 14.7. The molecule has 1 unspecified atom stereocenters. The molecule has 8 nitrogen and oxygen atoms in total. The van der Waals surface area contributed by atoms with E-state index in [2.05, 4.69) is 20.3 Å². The number of pyridine rings is 1. The highest BCUT2D eigenvalue weighted by Gasteiger charge is 2.28. The van der Waals surface area contributed by atoms with Crippen molar-refractivity contribution in [3.63, 3.8) is 0 Å². The van der Waals surface area contributed by atoms with Crippen LogP contribution in [0.3, 0.4) is 0 Å². The monoisotopic (exact) mass is 493 g/mol. The average molecular weight is 494 g/mol. The summed E-state index contributed by atoms with van der Waals surface area (Å²) < 4.78 is 19.5. The van der Waals surface area contributed by atoms with Gasteiger partial charge in [0.15, 0.2) is 16.1 Å². The van der Waals surface area contributed by atoms with Crippen LogP contribution in [0.15, 0.2) is 5.16 Å². The molecule has 0 aliphatic rings. The zero-order valence-corrected chi connectivity index (χ0v) is 20.3. The molecular formula is C19H26Cl2FN5O3S. The van der Waals surface area contributed by atoms with E-state index in [9.17, 15) is 14.3 Å². The minimum Gasteiger partial charge on any atom is -0.453 e. The van der Waals surface area contributed by atoms with E-state index >= 15 is 0 Å². The Labute approximate surface area is 194 Å². The highest BCUT2D eigenvalue weighted by Crippen LogP contribution is 2.34. The predicted octanol–water partition coefficient (Wildman–Crippen LogP) is 4.07. The maximum Gasteiger partial charge on any atom is 0.409 e. The van der Waals surface area contributed by atoms with Crippen LogP contribution in [-0.2, 0) is 4.74 Å². The van der Waals surface area contributed by atoms with Crippen LogP contribution in [0.5, 0.6) is 0 Å². The number of nitrogens with zero attached hydrogens (tertiary/aromatic N) is 4. The number of fused-ring (bicyclic) bond motifs is 1. The fourth-order valence-electron chi connectivity index (χ4n) is 3.08. The molecule has 2 aromatic heterocycles. The van der Waals surface area contributed by atoms with E-state index in [-0.39, 0.29) is 34.2 Å². The van der Waals surface area contributed by atoms with Gasteiger partial charge in [-0.3, -0.25) is 0 Å². The molecule has 2 rings (SSSR count). The molecule has 0 radical (unpaired) electrons. The van der Waals surface area contributed by atoms with Gasteiger partial charge in [-0.1, -0.05) is 35.0 Å². The number of hydrogen-bond acceptors (Lipinski definition) is 8. The van der Waals surface area contributed by atoms with E-state index in [0.717, 1.165) is 0 Å². The van der Waals surface area contributed by atoms with E-state index in [1.54, 1.807) is 11.2 Å². The third kappa shape index (κ3) is 6.07. The zero-order valence-electron chi connectivity index (χ0n) is 18.0. The minimum atomic E-state index is -0.785. The number of rotatable bonds is 8. The fourth-order valence-corrected chi connectivity index (χ4v) is 3.94. The van der Waals surface area contributed by atoms with E-state index in [4.69, 9.17) is 27.9 Å². The van der Waals surface area contributed by atoms with Crippen LogP contribution in [0, 0.1) is 5.82 Å². The van der Waals surface area contributed by atoms with E-state index in [0.29, 0.717) is 23.9 Å². The smallest absolute Gasteiger partial charge is 0.409 e. The van der Waals surface area contributed by atoms with Gasteiger partial charge in [0, 0.05) is 25.2 Å².